The van der Waals surface area contributed by atoms with E-state index in [-0.39, 0.29) is 13.2 Å². The highest BCUT2D eigenvalue weighted by Crippen LogP contribution is 2.26. The average Bonchev–Trinajstić information content (AvgIpc) is 3.14. The number of hydrogen-bond acceptors (Lipinski definition) is 6. The molecule has 0 aliphatic rings. The summed E-state index contributed by atoms with van der Waals surface area (Å²) in [6, 6.07) is 15.3. The van der Waals surface area contributed by atoms with Gasteiger partial charge < -0.3 is 25.1 Å². The minimum atomic E-state index is -0.945. The molecule has 0 bridgehead atoms. The van der Waals surface area contributed by atoms with Crippen LogP contribution in [0.1, 0.15) is 17.9 Å². The van der Waals surface area contributed by atoms with Gasteiger partial charge in [-0.15, -0.1) is 0 Å². The molecular weight excluding hydrogens is 344 g/mol. The van der Waals surface area contributed by atoms with Crippen molar-refractivity contribution in [1.82, 2.24) is 4.98 Å². The van der Waals surface area contributed by atoms with Crippen molar-refractivity contribution < 1.29 is 19.4 Å². The van der Waals surface area contributed by atoms with Crippen LogP contribution in [0.2, 0.25) is 0 Å². The van der Waals surface area contributed by atoms with Crippen LogP contribution in [0.5, 0.6) is 11.5 Å². The predicted molar refractivity (Wildman–Crippen MR) is 103 cm³/mol. The molecule has 0 atom stereocenters. The van der Waals surface area contributed by atoms with Crippen molar-refractivity contribution in [2.75, 3.05) is 13.2 Å². The van der Waals surface area contributed by atoms with E-state index in [0.29, 0.717) is 18.7 Å². The van der Waals surface area contributed by atoms with Crippen LogP contribution in [-0.4, -0.2) is 33.9 Å². The van der Waals surface area contributed by atoms with E-state index in [4.69, 9.17) is 14.9 Å². The van der Waals surface area contributed by atoms with Crippen LogP contribution < -0.4 is 10.5 Å². The second kappa shape index (κ2) is 8.35. The third-order valence-electron chi connectivity index (χ3n) is 4.47. The largest absolute Gasteiger partial charge is 0.457 e. The summed E-state index contributed by atoms with van der Waals surface area (Å²) in [6.07, 6.45) is 2.81. The average molecular weight is 368 g/mol. The lowest BCUT2D eigenvalue weighted by Gasteiger charge is -2.24. The van der Waals surface area contributed by atoms with E-state index in [9.17, 15) is 10.2 Å². The van der Waals surface area contributed by atoms with Crippen LogP contribution in [0.3, 0.4) is 0 Å². The van der Waals surface area contributed by atoms with Gasteiger partial charge in [-0.25, -0.2) is 4.98 Å². The molecular formula is C21H24N2O4. The van der Waals surface area contributed by atoms with E-state index in [2.05, 4.69) is 4.98 Å². The zero-order chi connectivity index (χ0) is 19.3. The van der Waals surface area contributed by atoms with Gasteiger partial charge in [-0.3, -0.25) is 0 Å². The number of ether oxygens (including phenoxy) is 1. The van der Waals surface area contributed by atoms with Crippen LogP contribution in [0.25, 0.3) is 11.3 Å². The number of rotatable bonds is 8. The first-order valence-electron chi connectivity index (χ1n) is 8.81. The Hall–Kier alpha value is -2.67. The number of aliphatic hydroxyl groups excluding tert-OH is 2. The molecule has 27 heavy (non-hydrogen) atoms. The Morgan fingerprint density at radius 3 is 2.11 bits per heavy atom. The number of hydrogen-bond donors (Lipinski definition) is 3. The van der Waals surface area contributed by atoms with E-state index >= 15 is 0 Å². The number of oxazole rings is 1. The minimum absolute atomic E-state index is 0.241. The van der Waals surface area contributed by atoms with E-state index in [0.717, 1.165) is 28.3 Å². The molecule has 3 rings (SSSR count). The molecule has 0 aliphatic heterocycles. The Morgan fingerprint density at radius 2 is 1.59 bits per heavy atom. The summed E-state index contributed by atoms with van der Waals surface area (Å²) in [5.74, 6) is 2.09. The fourth-order valence-electron chi connectivity index (χ4n) is 2.65. The molecule has 0 spiro atoms. The lowest BCUT2D eigenvalue weighted by Crippen LogP contribution is -2.47. The third-order valence-corrected chi connectivity index (χ3v) is 4.47. The van der Waals surface area contributed by atoms with Crippen LogP contribution >= 0.6 is 0 Å². The van der Waals surface area contributed by atoms with Gasteiger partial charge in [0.1, 0.15) is 23.5 Å². The summed E-state index contributed by atoms with van der Waals surface area (Å²) in [6.45, 7) is 1.33. The van der Waals surface area contributed by atoms with E-state index in [1.54, 1.807) is 6.26 Å². The number of aromatic nitrogens is 1. The fraction of sp³-hybridized carbons (Fsp3) is 0.286. The molecule has 0 saturated carbocycles. The van der Waals surface area contributed by atoms with Crippen LogP contribution in [-0.2, 0) is 6.42 Å². The number of aliphatic hydroxyl groups is 2. The SMILES string of the molecule is Cc1nc(-c2ccc(Oc3ccc(CCC(N)(CO)CO)cc3)cc2)co1. The maximum absolute atomic E-state index is 9.25. The van der Waals surface area contributed by atoms with Gasteiger partial charge in [-0.1, -0.05) is 12.1 Å². The highest BCUT2D eigenvalue weighted by Gasteiger charge is 2.22. The first-order valence-corrected chi connectivity index (χ1v) is 8.81. The van der Waals surface area contributed by atoms with Gasteiger partial charge in [0.05, 0.1) is 18.8 Å². The zero-order valence-electron chi connectivity index (χ0n) is 15.3. The number of benzene rings is 2. The summed E-state index contributed by atoms with van der Waals surface area (Å²) < 4.78 is 11.1. The molecule has 4 N–H and O–H groups in total. The predicted octanol–water partition coefficient (Wildman–Crippen LogP) is 3.06. The first-order chi connectivity index (χ1) is 13.0. The van der Waals surface area contributed by atoms with Crippen molar-refractivity contribution in [2.24, 2.45) is 5.73 Å². The third kappa shape index (κ3) is 4.95. The summed E-state index contributed by atoms with van der Waals surface area (Å²) in [5, 5.41) is 18.5. The van der Waals surface area contributed by atoms with E-state index in [1.165, 1.54) is 0 Å². The van der Waals surface area contributed by atoms with Gasteiger partial charge >= 0.3 is 0 Å². The quantitative estimate of drug-likeness (QED) is 0.565. The normalized spacial score (nSPS) is 11.6. The van der Waals surface area contributed by atoms with Gasteiger partial charge in [0.15, 0.2) is 5.89 Å². The van der Waals surface area contributed by atoms with Crippen molar-refractivity contribution in [1.29, 1.82) is 0 Å². The van der Waals surface area contributed by atoms with Gasteiger partial charge in [-0.05, 0) is 54.8 Å². The van der Waals surface area contributed by atoms with Crippen molar-refractivity contribution >= 4 is 0 Å². The number of nitrogens with zero attached hydrogens (tertiary/aromatic N) is 1. The van der Waals surface area contributed by atoms with Crippen LogP contribution in [0, 0.1) is 6.92 Å². The maximum Gasteiger partial charge on any atom is 0.191 e. The van der Waals surface area contributed by atoms with E-state index < -0.39 is 5.54 Å². The van der Waals surface area contributed by atoms with Crippen LogP contribution in [0.15, 0.2) is 59.2 Å². The molecule has 0 aliphatic carbocycles. The van der Waals surface area contributed by atoms with Crippen LogP contribution in [0.4, 0.5) is 0 Å². The monoisotopic (exact) mass is 368 g/mol. The van der Waals surface area contributed by atoms with Crippen molar-refractivity contribution in [2.45, 2.75) is 25.3 Å². The Kier molecular flexibility index (Phi) is 5.91. The fourth-order valence-corrected chi connectivity index (χ4v) is 2.65. The topological polar surface area (TPSA) is 102 Å². The molecule has 1 heterocycles. The first kappa shape index (κ1) is 19.1. The lowest BCUT2D eigenvalue weighted by molar-refractivity contribution is 0.115. The number of nitrogens with two attached hydrogens (primary N) is 1. The summed E-state index contributed by atoms with van der Waals surface area (Å²) >= 11 is 0. The highest BCUT2D eigenvalue weighted by atomic mass is 16.5. The molecule has 0 unspecified atom stereocenters. The molecule has 6 nitrogen and oxygen atoms in total. The lowest BCUT2D eigenvalue weighted by atomic mass is 9.94. The Bertz CT molecular complexity index is 853. The van der Waals surface area contributed by atoms with Crippen molar-refractivity contribution in [3.63, 3.8) is 0 Å². The minimum Gasteiger partial charge on any atom is -0.457 e. The van der Waals surface area contributed by atoms with Gasteiger partial charge in [0, 0.05) is 12.5 Å². The van der Waals surface area contributed by atoms with Crippen molar-refractivity contribution in [3.05, 3.63) is 66.2 Å². The van der Waals surface area contributed by atoms with E-state index in [1.807, 2.05) is 55.5 Å². The summed E-state index contributed by atoms with van der Waals surface area (Å²) in [7, 11) is 0. The molecule has 1 aromatic heterocycles. The second-order valence-corrected chi connectivity index (χ2v) is 6.70. The van der Waals surface area contributed by atoms with Gasteiger partial charge in [-0.2, -0.15) is 0 Å². The Labute approximate surface area is 158 Å². The molecule has 2 aromatic carbocycles. The molecule has 0 saturated heterocycles. The van der Waals surface area contributed by atoms with Gasteiger partial charge in [0.2, 0.25) is 0 Å². The van der Waals surface area contributed by atoms with Gasteiger partial charge in [0.25, 0.3) is 0 Å². The standard InChI is InChI=1S/C21H24N2O4/c1-15-23-20(12-26-15)17-4-8-19(9-5-17)27-18-6-2-16(3-7-18)10-11-21(22,13-24)14-25/h2-9,12,24-25H,10-11,13-14,22H2,1H3. The molecule has 0 amide bonds. The molecule has 0 fully saturated rings. The van der Waals surface area contributed by atoms with Crippen molar-refractivity contribution in [3.8, 4) is 22.8 Å². The molecule has 6 heteroatoms. The maximum atomic E-state index is 9.25. The molecule has 3 aromatic rings. The molecule has 142 valence electrons. The zero-order valence-corrected chi connectivity index (χ0v) is 15.3. The highest BCUT2D eigenvalue weighted by molar-refractivity contribution is 5.59. The second-order valence-electron chi connectivity index (χ2n) is 6.70. The number of aryl methyl sites for hydroxylation is 2. The summed E-state index contributed by atoms with van der Waals surface area (Å²) in [5.41, 5.74) is 7.78. The summed E-state index contributed by atoms with van der Waals surface area (Å²) in [4.78, 5) is 4.30. The Balaban J connectivity index is 1.59. The smallest absolute Gasteiger partial charge is 0.191 e. The Morgan fingerprint density at radius 1 is 1.00 bits per heavy atom. The molecule has 0 radical (unpaired) electrons.